The number of hydrogen-bond acceptors (Lipinski definition) is 2. The molecule has 1 rings (SSSR count). The van der Waals surface area contributed by atoms with Crippen LogP contribution < -0.4 is 0 Å². The number of aryl methyl sites for hydroxylation is 1. The second-order valence-electron chi connectivity index (χ2n) is 2.76. The average molecular weight is 180 g/mol. The summed E-state index contributed by atoms with van der Waals surface area (Å²) in [5.74, 6) is 0.799. The first-order valence-electron chi connectivity index (χ1n) is 3.88. The van der Waals surface area contributed by atoms with Crippen LogP contribution in [0.4, 0.5) is 0 Å². The molecule has 1 aromatic rings. The van der Waals surface area contributed by atoms with Gasteiger partial charge in [0, 0.05) is 4.90 Å². The lowest BCUT2D eigenvalue weighted by Gasteiger charge is -2.01. The van der Waals surface area contributed by atoms with Gasteiger partial charge in [0.25, 0.3) is 0 Å². The van der Waals surface area contributed by atoms with Gasteiger partial charge in [-0.15, -0.1) is 11.8 Å². The Balaban J connectivity index is 2.63. The molecule has 0 bridgehead atoms. The molecule has 0 atom stereocenters. The Morgan fingerprint density at radius 2 is 2.08 bits per heavy atom. The van der Waals surface area contributed by atoms with Crippen molar-refractivity contribution < 1.29 is 4.79 Å². The lowest BCUT2D eigenvalue weighted by Crippen LogP contribution is -1.93. The quantitative estimate of drug-likeness (QED) is 0.665. The smallest absolute Gasteiger partial charge is 0.140 e. The van der Waals surface area contributed by atoms with Crippen molar-refractivity contribution in [2.75, 3.05) is 5.75 Å². The normalized spacial score (nSPS) is 9.83. The number of thioether (sulfide) groups is 1. The second kappa shape index (κ2) is 4.31. The Kier molecular flexibility index (Phi) is 3.35. The highest BCUT2D eigenvalue weighted by Crippen LogP contribution is 2.21. The van der Waals surface area contributed by atoms with Crippen LogP contribution in [0.25, 0.3) is 0 Å². The summed E-state index contributed by atoms with van der Waals surface area (Å²) in [5.41, 5.74) is 1.24. The Bertz CT molecular complexity index is 281. The maximum absolute atomic E-state index is 10.7. The van der Waals surface area contributed by atoms with Gasteiger partial charge in [-0.3, -0.25) is 4.79 Å². The van der Waals surface area contributed by atoms with Gasteiger partial charge in [-0.05, 0) is 25.5 Å². The third-order valence-electron chi connectivity index (χ3n) is 1.52. The van der Waals surface area contributed by atoms with Gasteiger partial charge in [-0.25, -0.2) is 0 Å². The fourth-order valence-corrected chi connectivity index (χ4v) is 1.73. The van der Waals surface area contributed by atoms with E-state index in [0.29, 0.717) is 5.75 Å². The van der Waals surface area contributed by atoms with E-state index in [1.165, 1.54) is 10.5 Å². The minimum Gasteiger partial charge on any atom is -0.299 e. The minimum atomic E-state index is 0.225. The molecular weight excluding hydrogens is 168 g/mol. The zero-order valence-electron chi connectivity index (χ0n) is 7.33. The number of Topliss-reactive ketones (excluding diaryl/α,β-unsaturated/α-hetero) is 1. The molecule has 0 aromatic heterocycles. The van der Waals surface area contributed by atoms with Crippen molar-refractivity contribution in [3.8, 4) is 0 Å². The predicted molar refractivity (Wildman–Crippen MR) is 52.6 cm³/mol. The summed E-state index contributed by atoms with van der Waals surface area (Å²) < 4.78 is 0. The van der Waals surface area contributed by atoms with E-state index in [0.717, 1.165) is 0 Å². The van der Waals surface area contributed by atoms with Gasteiger partial charge in [0.15, 0.2) is 0 Å². The van der Waals surface area contributed by atoms with Crippen molar-refractivity contribution >= 4 is 17.5 Å². The maximum Gasteiger partial charge on any atom is 0.140 e. The van der Waals surface area contributed by atoms with Crippen molar-refractivity contribution in [1.29, 1.82) is 0 Å². The summed E-state index contributed by atoms with van der Waals surface area (Å²) in [4.78, 5) is 11.9. The number of carbonyl (C=O) groups excluding carboxylic acids is 1. The SMILES string of the molecule is CC(=O)CSc1ccccc1C. The van der Waals surface area contributed by atoms with Crippen LogP contribution >= 0.6 is 11.8 Å². The van der Waals surface area contributed by atoms with Gasteiger partial charge in [0.05, 0.1) is 5.75 Å². The lowest BCUT2D eigenvalue weighted by atomic mass is 10.2. The number of hydrogen-bond donors (Lipinski definition) is 0. The Morgan fingerprint density at radius 1 is 1.42 bits per heavy atom. The molecule has 1 aromatic carbocycles. The molecular formula is C10H12OS. The summed E-state index contributed by atoms with van der Waals surface area (Å²) >= 11 is 1.61. The maximum atomic E-state index is 10.7. The van der Waals surface area contributed by atoms with Gasteiger partial charge in [0.1, 0.15) is 5.78 Å². The third kappa shape index (κ3) is 2.70. The van der Waals surface area contributed by atoms with Crippen molar-refractivity contribution in [2.45, 2.75) is 18.7 Å². The predicted octanol–water partition coefficient (Wildman–Crippen LogP) is 2.68. The highest BCUT2D eigenvalue weighted by atomic mass is 32.2. The van der Waals surface area contributed by atoms with Crippen molar-refractivity contribution in [2.24, 2.45) is 0 Å². The van der Waals surface area contributed by atoms with E-state index in [1.807, 2.05) is 18.2 Å². The molecule has 0 amide bonds. The molecule has 0 heterocycles. The molecule has 0 fully saturated rings. The molecule has 0 spiro atoms. The van der Waals surface area contributed by atoms with Crippen LogP contribution in [0.3, 0.4) is 0 Å². The standard InChI is InChI=1S/C10H12OS/c1-8-5-3-4-6-10(8)12-7-9(2)11/h3-6H,7H2,1-2H3. The molecule has 0 saturated carbocycles. The molecule has 64 valence electrons. The van der Waals surface area contributed by atoms with Crippen molar-refractivity contribution in [3.05, 3.63) is 29.8 Å². The summed E-state index contributed by atoms with van der Waals surface area (Å²) in [6.45, 7) is 3.67. The first-order valence-corrected chi connectivity index (χ1v) is 4.86. The first kappa shape index (κ1) is 9.33. The largest absolute Gasteiger partial charge is 0.299 e. The lowest BCUT2D eigenvalue weighted by molar-refractivity contribution is -0.114. The van der Waals surface area contributed by atoms with E-state index in [1.54, 1.807) is 18.7 Å². The molecule has 2 heteroatoms. The zero-order valence-corrected chi connectivity index (χ0v) is 8.15. The monoisotopic (exact) mass is 180 g/mol. The Hall–Kier alpha value is -0.760. The van der Waals surface area contributed by atoms with Gasteiger partial charge in [-0.2, -0.15) is 0 Å². The van der Waals surface area contributed by atoms with E-state index in [9.17, 15) is 4.79 Å². The van der Waals surface area contributed by atoms with E-state index in [2.05, 4.69) is 13.0 Å². The summed E-state index contributed by atoms with van der Waals surface area (Å²) in [6, 6.07) is 8.11. The van der Waals surface area contributed by atoms with E-state index in [-0.39, 0.29) is 5.78 Å². The van der Waals surface area contributed by atoms with Gasteiger partial charge in [0.2, 0.25) is 0 Å². The van der Waals surface area contributed by atoms with Crippen LogP contribution in [0.2, 0.25) is 0 Å². The van der Waals surface area contributed by atoms with Gasteiger partial charge < -0.3 is 0 Å². The zero-order chi connectivity index (χ0) is 8.97. The Morgan fingerprint density at radius 3 is 2.67 bits per heavy atom. The molecule has 12 heavy (non-hydrogen) atoms. The molecule has 0 radical (unpaired) electrons. The van der Waals surface area contributed by atoms with Crippen LogP contribution in [-0.4, -0.2) is 11.5 Å². The van der Waals surface area contributed by atoms with Crippen LogP contribution in [0.1, 0.15) is 12.5 Å². The molecule has 0 saturated heterocycles. The second-order valence-corrected chi connectivity index (χ2v) is 3.77. The highest BCUT2D eigenvalue weighted by Gasteiger charge is 1.98. The molecule has 0 unspecified atom stereocenters. The van der Waals surface area contributed by atoms with E-state index >= 15 is 0 Å². The average Bonchev–Trinajstić information content (AvgIpc) is 2.03. The molecule has 0 N–H and O–H groups in total. The van der Waals surface area contributed by atoms with Crippen molar-refractivity contribution in [3.63, 3.8) is 0 Å². The van der Waals surface area contributed by atoms with E-state index in [4.69, 9.17) is 0 Å². The van der Waals surface area contributed by atoms with Crippen LogP contribution in [0.5, 0.6) is 0 Å². The number of ketones is 1. The summed E-state index contributed by atoms with van der Waals surface area (Å²) in [6.07, 6.45) is 0. The van der Waals surface area contributed by atoms with Crippen molar-refractivity contribution in [1.82, 2.24) is 0 Å². The third-order valence-corrected chi connectivity index (χ3v) is 2.84. The van der Waals surface area contributed by atoms with Gasteiger partial charge >= 0.3 is 0 Å². The highest BCUT2D eigenvalue weighted by molar-refractivity contribution is 8.00. The topological polar surface area (TPSA) is 17.1 Å². The first-order chi connectivity index (χ1) is 5.70. The minimum absolute atomic E-state index is 0.225. The number of benzene rings is 1. The molecule has 0 aliphatic carbocycles. The van der Waals surface area contributed by atoms with Crippen LogP contribution in [0.15, 0.2) is 29.2 Å². The summed E-state index contributed by atoms with van der Waals surface area (Å²) in [5, 5.41) is 0. The fraction of sp³-hybridized carbons (Fsp3) is 0.300. The molecule has 0 aliphatic heterocycles. The number of carbonyl (C=O) groups is 1. The molecule has 1 nitrogen and oxygen atoms in total. The summed E-state index contributed by atoms with van der Waals surface area (Å²) in [7, 11) is 0. The van der Waals surface area contributed by atoms with E-state index < -0.39 is 0 Å². The van der Waals surface area contributed by atoms with Crippen LogP contribution in [-0.2, 0) is 4.79 Å². The Labute approximate surface area is 77.2 Å². The fourth-order valence-electron chi connectivity index (χ4n) is 0.898. The van der Waals surface area contributed by atoms with Crippen LogP contribution in [0, 0.1) is 6.92 Å². The molecule has 0 aliphatic rings. The number of rotatable bonds is 3. The van der Waals surface area contributed by atoms with Gasteiger partial charge in [-0.1, -0.05) is 18.2 Å².